The fraction of sp³-hybridized carbons (Fsp3) is 0.0588. The van der Waals surface area contributed by atoms with Crippen LogP contribution >= 0.6 is 11.6 Å². The van der Waals surface area contributed by atoms with E-state index in [1.807, 2.05) is 104 Å². The summed E-state index contributed by atoms with van der Waals surface area (Å²) in [6, 6.07) is 44.8. The number of hydrogen-bond acceptors (Lipinski definition) is 4. The molecule has 0 atom stereocenters. The maximum atomic E-state index is 6.88. The SMILES string of the molecule is Cc1ccc2nn(-c3ccccc3-c3nnn(C(c4ccccc4)(c4ccccc4)c4ccccc4)n3)c(Cl)c2c1. The number of para-hydroxylation sites is 1. The zero-order valence-corrected chi connectivity index (χ0v) is 23.0. The standard InChI is InChI=1S/C34H25ClN6/c1-24-21-22-30-29(23-24)32(35)40(37-30)31-20-12-11-19-28(31)33-36-39-41(38-33)34(25-13-5-2-6-14-25,26-15-7-3-8-16-26)27-17-9-4-10-18-27/h2-23H,1H3. The Kier molecular flexibility index (Phi) is 6.18. The summed E-state index contributed by atoms with van der Waals surface area (Å²) < 4.78 is 1.75. The first-order valence-electron chi connectivity index (χ1n) is 13.4. The monoisotopic (exact) mass is 552 g/mol. The van der Waals surface area contributed by atoms with E-state index in [1.165, 1.54) is 0 Å². The highest BCUT2D eigenvalue weighted by Gasteiger charge is 2.41. The molecule has 198 valence electrons. The molecule has 0 saturated heterocycles. The summed E-state index contributed by atoms with van der Waals surface area (Å²) in [5.41, 5.74) is 5.69. The van der Waals surface area contributed by atoms with Gasteiger partial charge in [0.15, 0.2) is 5.54 Å². The van der Waals surface area contributed by atoms with Gasteiger partial charge in [-0.25, -0.2) is 4.68 Å². The summed E-state index contributed by atoms with van der Waals surface area (Å²) in [5, 5.41) is 20.7. The van der Waals surface area contributed by atoms with Crippen molar-refractivity contribution in [1.29, 1.82) is 0 Å². The number of benzene rings is 5. The van der Waals surface area contributed by atoms with E-state index in [9.17, 15) is 0 Å². The maximum absolute atomic E-state index is 6.88. The molecular weight excluding hydrogens is 528 g/mol. The molecule has 0 unspecified atom stereocenters. The van der Waals surface area contributed by atoms with E-state index in [2.05, 4.69) is 41.5 Å². The largest absolute Gasteiger partial charge is 0.220 e. The molecular formula is C34H25ClN6. The maximum Gasteiger partial charge on any atom is 0.207 e. The van der Waals surface area contributed by atoms with Crippen LogP contribution in [0.15, 0.2) is 133 Å². The molecule has 41 heavy (non-hydrogen) atoms. The van der Waals surface area contributed by atoms with Gasteiger partial charge in [0.25, 0.3) is 0 Å². The van der Waals surface area contributed by atoms with Gasteiger partial charge in [-0.1, -0.05) is 126 Å². The van der Waals surface area contributed by atoms with Gasteiger partial charge in [-0.2, -0.15) is 5.10 Å². The zero-order valence-electron chi connectivity index (χ0n) is 22.3. The van der Waals surface area contributed by atoms with Crippen LogP contribution in [0.4, 0.5) is 0 Å². The molecule has 5 aromatic carbocycles. The van der Waals surface area contributed by atoms with E-state index in [0.717, 1.165) is 44.4 Å². The molecule has 7 heteroatoms. The highest BCUT2D eigenvalue weighted by atomic mass is 35.5. The van der Waals surface area contributed by atoms with E-state index < -0.39 is 5.54 Å². The number of halogens is 1. The molecule has 0 bridgehead atoms. The Bertz CT molecular complexity index is 1870. The van der Waals surface area contributed by atoms with Crippen molar-refractivity contribution in [2.24, 2.45) is 0 Å². The second kappa shape index (κ2) is 10.2. The summed E-state index contributed by atoms with van der Waals surface area (Å²) in [6.07, 6.45) is 0. The van der Waals surface area contributed by atoms with Crippen molar-refractivity contribution < 1.29 is 0 Å². The van der Waals surface area contributed by atoms with Crippen molar-refractivity contribution in [1.82, 2.24) is 30.0 Å². The predicted octanol–water partition coefficient (Wildman–Crippen LogP) is 7.48. The minimum Gasteiger partial charge on any atom is -0.220 e. The van der Waals surface area contributed by atoms with Crippen LogP contribution in [0, 0.1) is 6.92 Å². The van der Waals surface area contributed by atoms with Crippen LogP contribution in [0.3, 0.4) is 0 Å². The summed E-state index contributed by atoms with van der Waals surface area (Å²) in [7, 11) is 0. The van der Waals surface area contributed by atoms with Crippen LogP contribution in [0.2, 0.25) is 5.15 Å². The van der Waals surface area contributed by atoms with Gasteiger partial charge in [0.05, 0.1) is 11.2 Å². The molecule has 6 nitrogen and oxygen atoms in total. The van der Waals surface area contributed by atoms with Gasteiger partial charge in [-0.15, -0.1) is 15.0 Å². The van der Waals surface area contributed by atoms with Crippen LogP contribution in [0.25, 0.3) is 28.0 Å². The lowest BCUT2D eigenvalue weighted by molar-refractivity contribution is 0.396. The molecule has 7 rings (SSSR count). The molecule has 0 radical (unpaired) electrons. The van der Waals surface area contributed by atoms with Crippen molar-refractivity contribution in [2.45, 2.75) is 12.5 Å². The molecule has 0 aliphatic heterocycles. The molecule has 7 aromatic rings. The highest BCUT2D eigenvalue weighted by molar-refractivity contribution is 6.34. The molecule has 2 aromatic heterocycles. The summed E-state index contributed by atoms with van der Waals surface area (Å²) in [5.74, 6) is 0.472. The number of tetrazole rings is 1. The summed E-state index contributed by atoms with van der Waals surface area (Å²) in [4.78, 5) is 1.73. The lowest BCUT2D eigenvalue weighted by Crippen LogP contribution is -2.39. The van der Waals surface area contributed by atoms with Gasteiger partial charge in [-0.3, -0.25) is 0 Å². The molecule has 0 fully saturated rings. The number of fused-ring (bicyclic) bond motifs is 1. The lowest BCUT2D eigenvalue weighted by atomic mass is 9.77. The zero-order chi connectivity index (χ0) is 27.8. The van der Waals surface area contributed by atoms with Gasteiger partial charge in [0, 0.05) is 10.9 Å². The van der Waals surface area contributed by atoms with Gasteiger partial charge in [0.1, 0.15) is 5.15 Å². The molecule has 2 heterocycles. The second-order valence-corrected chi connectivity index (χ2v) is 10.3. The number of aromatic nitrogens is 6. The Morgan fingerprint density at radius 2 is 1.20 bits per heavy atom. The van der Waals surface area contributed by atoms with E-state index >= 15 is 0 Å². The van der Waals surface area contributed by atoms with Crippen LogP contribution in [0.5, 0.6) is 0 Å². The van der Waals surface area contributed by atoms with Gasteiger partial charge in [0.2, 0.25) is 5.82 Å². The lowest BCUT2D eigenvalue weighted by Gasteiger charge is -2.34. The normalized spacial score (nSPS) is 11.7. The molecule has 0 N–H and O–H groups in total. The van der Waals surface area contributed by atoms with Crippen LogP contribution < -0.4 is 0 Å². The topological polar surface area (TPSA) is 61.4 Å². The van der Waals surface area contributed by atoms with E-state index in [-0.39, 0.29) is 0 Å². The summed E-state index contributed by atoms with van der Waals surface area (Å²) in [6.45, 7) is 2.04. The Morgan fingerprint density at radius 1 is 0.634 bits per heavy atom. The minimum absolute atomic E-state index is 0.472. The van der Waals surface area contributed by atoms with Crippen LogP contribution in [-0.2, 0) is 5.54 Å². The highest BCUT2D eigenvalue weighted by Crippen LogP contribution is 2.40. The Labute approximate surface area is 242 Å². The van der Waals surface area contributed by atoms with Gasteiger partial charge in [-0.05, 0) is 53.1 Å². The molecule has 0 spiro atoms. The van der Waals surface area contributed by atoms with E-state index in [1.54, 1.807) is 9.48 Å². The van der Waals surface area contributed by atoms with Crippen molar-refractivity contribution in [3.63, 3.8) is 0 Å². The second-order valence-electron chi connectivity index (χ2n) is 9.95. The predicted molar refractivity (Wildman–Crippen MR) is 162 cm³/mol. The molecule has 0 aliphatic carbocycles. The smallest absolute Gasteiger partial charge is 0.207 e. The summed E-state index contributed by atoms with van der Waals surface area (Å²) >= 11 is 6.88. The van der Waals surface area contributed by atoms with Crippen molar-refractivity contribution in [2.75, 3.05) is 0 Å². The third-order valence-corrected chi connectivity index (χ3v) is 7.79. The average molecular weight is 553 g/mol. The van der Waals surface area contributed by atoms with Crippen LogP contribution in [0.1, 0.15) is 22.3 Å². The van der Waals surface area contributed by atoms with Gasteiger partial charge >= 0.3 is 0 Å². The van der Waals surface area contributed by atoms with Crippen molar-refractivity contribution >= 4 is 22.5 Å². The van der Waals surface area contributed by atoms with E-state index in [0.29, 0.717) is 11.0 Å². The first-order chi connectivity index (χ1) is 20.2. The molecule has 0 saturated carbocycles. The quantitative estimate of drug-likeness (QED) is 0.201. The number of aryl methyl sites for hydroxylation is 1. The van der Waals surface area contributed by atoms with E-state index in [4.69, 9.17) is 27.0 Å². The fourth-order valence-electron chi connectivity index (χ4n) is 5.52. The molecule has 0 aliphatic rings. The minimum atomic E-state index is -0.862. The Balaban J connectivity index is 1.45. The third kappa shape index (κ3) is 4.12. The average Bonchev–Trinajstić information content (AvgIpc) is 3.64. The Hall–Kier alpha value is -5.07. The van der Waals surface area contributed by atoms with Crippen molar-refractivity contribution in [3.05, 3.63) is 161 Å². The number of hydrogen-bond donors (Lipinski definition) is 0. The number of nitrogens with zero attached hydrogens (tertiary/aromatic N) is 6. The van der Waals surface area contributed by atoms with Gasteiger partial charge < -0.3 is 0 Å². The fourth-order valence-corrected chi connectivity index (χ4v) is 5.80. The first kappa shape index (κ1) is 24.9. The third-order valence-electron chi connectivity index (χ3n) is 7.43. The Morgan fingerprint density at radius 3 is 1.80 bits per heavy atom. The molecule has 0 amide bonds. The number of rotatable bonds is 6. The van der Waals surface area contributed by atoms with Crippen molar-refractivity contribution in [3.8, 4) is 17.1 Å². The first-order valence-corrected chi connectivity index (χ1v) is 13.8. The van der Waals surface area contributed by atoms with Crippen LogP contribution in [-0.4, -0.2) is 30.0 Å².